The van der Waals surface area contributed by atoms with E-state index in [0.717, 1.165) is 16.7 Å². The van der Waals surface area contributed by atoms with Crippen molar-refractivity contribution in [2.24, 2.45) is 5.10 Å². The average Bonchev–Trinajstić information content (AvgIpc) is 2.78. The zero-order valence-corrected chi connectivity index (χ0v) is 18.0. The van der Waals surface area contributed by atoms with Crippen molar-refractivity contribution >= 4 is 35.1 Å². The van der Waals surface area contributed by atoms with Crippen LogP contribution < -0.4 is 20.2 Å². The molecule has 0 saturated carbocycles. The largest absolute Gasteiger partial charge is 0.493 e. The minimum absolute atomic E-state index is 0.354. The Kier molecular flexibility index (Phi) is 8.06. The third-order valence-corrected chi connectivity index (χ3v) is 4.81. The second kappa shape index (κ2) is 11.2. The van der Waals surface area contributed by atoms with E-state index >= 15 is 0 Å². The van der Waals surface area contributed by atoms with Crippen molar-refractivity contribution in [3.05, 3.63) is 94.5 Å². The average molecular weight is 440 g/mol. The van der Waals surface area contributed by atoms with E-state index in [0.29, 0.717) is 34.8 Å². The summed E-state index contributed by atoms with van der Waals surface area (Å²) in [5, 5.41) is 8.39. The molecule has 0 bridgehead atoms. The highest BCUT2D eigenvalue weighted by Crippen LogP contribution is 2.29. The van der Waals surface area contributed by atoms with Crippen LogP contribution in [0.5, 0.6) is 11.5 Å². The van der Waals surface area contributed by atoms with Crippen molar-refractivity contribution in [3.63, 3.8) is 0 Å². The molecule has 0 atom stereocenters. The number of benzene rings is 3. The third-order valence-electron chi connectivity index (χ3n) is 4.20. The quantitative estimate of drug-likeness (QED) is 0.296. The Bertz CT molecular complexity index is 1010. The number of nitrogens with zero attached hydrogens (tertiary/aromatic N) is 1. The van der Waals surface area contributed by atoms with E-state index in [1.807, 2.05) is 72.8 Å². The van der Waals surface area contributed by atoms with Gasteiger partial charge >= 0.3 is 0 Å². The maximum Gasteiger partial charge on any atom is 0.187 e. The molecule has 3 rings (SSSR count). The number of methoxy groups -OCH3 is 1. The standard InChI is InChI=1S/C23H22ClN3O2S/c1-28-22-13-18(11-12-21(22)29-16-19-9-5-6-10-20(19)24)15-26-27-23(30)25-14-17-7-3-2-4-8-17/h2-13,15H,14,16H2,1H3,(H2,25,27,30)/b26-15+. The predicted molar refractivity (Wildman–Crippen MR) is 125 cm³/mol. The number of hydrogen-bond acceptors (Lipinski definition) is 4. The molecule has 0 amide bonds. The van der Waals surface area contributed by atoms with Crippen LogP contribution >= 0.6 is 23.8 Å². The Hall–Kier alpha value is -3.09. The smallest absolute Gasteiger partial charge is 0.187 e. The van der Waals surface area contributed by atoms with E-state index in [2.05, 4.69) is 15.8 Å². The number of ether oxygens (including phenoxy) is 2. The molecule has 0 aliphatic heterocycles. The Morgan fingerprint density at radius 1 is 1.03 bits per heavy atom. The molecule has 0 unspecified atom stereocenters. The Labute approximate surface area is 186 Å². The van der Waals surface area contributed by atoms with E-state index in [4.69, 9.17) is 33.3 Å². The molecule has 0 aliphatic rings. The van der Waals surface area contributed by atoms with Crippen molar-refractivity contribution in [3.8, 4) is 11.5 Å². The molecule has 0 heterocycles. The normalized spacial score (nSPS) is 10.6. The van der Waals surface area contributed by atoms with Crippen molar-refractivity contribution in [1.82, 2.24) is 10.7 Å². The maximum atomic E-state index is 6.18. The fourth-order valence-corrected chi connectivity index (χ4v) is 2.95. The van der Waals surface area contributed by atoms with Crippen LogP contribution in [-0.4, -0.2) is 18.4 Å². The second-order valence-electron chi connectivity index (χ2n) is 6.33. The van der Waals surface area contributed by atoms with Gasteiger partial charge in [-0.05, 0) is 47.6 Å². The third kappa shape index (κ3) is 6.47. The van der Waals surface area contributed by atoms with Gasteiger partial charge in [0.2, 0.25) is 0 Å². The van der Waals surface area contributed by atoms with Crippen LogP contribution in [0.3, 0.4) is 0 Å². The summed E-state index contributed by atoms with van der Waals surface area (Å²) in [6.07, 6.45) is 1.66. The van der Waals surface area contributed by atoms with Crippen LogP contribution in [0, 0.1) is 0 Å². The lowest BCUT2D eigenvalue weighted by Crippen LogP contribution is -2.31. The topological polar surface area (TPSA) is 54.9 Å². The van der Waals surface area contributed by atoms with Crippen LogP contribution in [0.15, 0.2) is 77.9 Å². The summed E-state index contributed by atoms with van der Waals surface area (Å²) in [5.41, 5.74) is 5.70. The first-order valence-electron chi connectivity index (χ1n) is 9.31. The number of thiocarbonyl (C=S) groups is 1. The molecule has 7 heteroatoms. The van der Waals surface area contributed by atoms with Gasteiger partial charge in [0.25, 0.3) is 0 Å². The van der Waals surface area contributed by atoms with Crippen molar-refractivity contribution in [2.75, 3.05) is 7.11 Å². The van der Waals surface area contributed by atoms with Gasteiger partial charge in [0.15, 0.2) is 16.6 Å². The van der Waals surface area contributed by atoms with Crippen molar-refractivity contribution < 1.29 is 9.47 Å². The molecule has 0 fully saturated rings. The van der Waals surface area contributed by atoms with Gasteiger partial charge in [-0.3, -0.25) is 5.43 Å². The van der Waals surface area contributed by atoms with Gasteiger partial charge in [0.1, 0.15) is 6.61 Å². The minimum Gasteiger partial charge on any atom is -0.493 e. The monoisotopic (exact) mass is 439 g/mol. The summed E-state index contributed by atoms with van der Waals surface area (Å²) in [6.45, 7) is 0.986. The molecular weight excluding hydrogens is 418 g/mol. The number of hydrazone groups is 1. The van der Waals surface area contributed by atoms with E-state index in [1.165, 1.54) is 0 Å². The fraction of sp³-hybridized carbons (Fsp3) is 0.130. The maximum absolute atomic E-state index is 6.18. The van der Waals surface area contributed by atoms with Crippen molar-refractivity contribution in [1.29, 1.82) is 0 Å². The summed E-state index contributed by atoms with van der Waals surface area (Å²) in [5.74, 6) is 1.23. The summed E-state index contributed by atoms with van der Waals surface area (Å²) in [6, 6.07) is 23.1. The number of nitrogens with one attached hydrogen (secondary N) is 2. The molecule has 0 radical (unpaired) electrons. The van der Waals surface area contributed by atoms with Crippen LogP contribution in [0.4, 0.5) is 0 Å². The van der Waals surface area contributed by atoms with E-state index < -0.39 is 0 Å². The highest BCUT2D eigenvalue weighted by atomic mass is 35.5. The van der Waals surface area contributed by atoms with Gasteiger partial charge in [-0.1, -0.05) is 60.1 Å². The highest BCUT2D eigenvalue weighted by Gasteiger charge is 2.07. The second-order valence-corrected chi connectivity index (χ2v) is 7.14. The molecule has 0 spiro atoms. The lowest BCUT2D eigenvalue weighted by Gasteiger charge is -2.12. The lowest BCUT2D eigenvalue weighted by molar-refractivity contribution is 0.284. The van der Waals surface area contributed by atoms with E-state index in [1.54, 1.807) is 13.3 Å². The molecule has 30 heavy (non-hydrogen) atoms. The molecule has 3 aromatic carbocycles. The predicted octanol–water partition coefficient (Wildman–Crippen LogP) is 4.93. The minimum atomic E-state index is 0.354. The number of hydrogen-bond donors (Lipinski definition) is 2. The summed E-state index contributed by atoms with van der Waals surface area (Å²) in [4.78, 5) is 0. The molecule has 0 aromatic heterocycles. The molecule has 0 aliphatic carbocycles. The van der Waals surface area contributed by atoms with Gasteiger partial charge in [-0.2, -0.15) is 5.10 Å². The molecule has 5 nitrogen and oxygen atoms in total. The zero-order valence-electron chi connectivity index (χ0n) is 16.5. The SMILES string of the molecule is COc1cc(/C=N/NC(=S)NCc2ccccc2)ccc1OCc1ccccc1Cl. The van der Waals surface area contributed by atoms with Crippen LogP contribution in [0.2, 0.25) is 5.02 Å². The molecule has 3 aromatic rings. The van der Waals surface area contributed by atoms with E-state index in [9.17, 15) is 0 Å². The lowest BCUT2D eigenvalue weighted by atomic mass is 10.2. The fourth-order valence-electron chi connectivity index (χ4n) is 2.64. The number of halogens is 1. The first-order valence-corrected chi connectivity index (χ1v) is 10.1. The number of rotatable bonds is 8. The Balaban J connectivity index is 1.53. The van der Waals surface area contributed by atoms with Crippen molar-refractivity contribution in [2.45, 2.75) is 13.2 Å². The molecule has 2 N–H and O–H groups in total. The van der Waals surface area contributed by atoms with E-state index in [-0.39, 0.29) is 0 Å². The summed E-state index contributed by atoms with van der Waals surface area (Å²) < 4.78 is 11.3. The van der Waals surface area contributed by atoms with Gasteiger partial charge < -0.3 is 14.8 Å². The first kappa shape index (κ1) is 21.6. The summed E-state index contributed by atoms with van der Waals surface area (Å²) in [7, 11) is 1.60. The zero-order chi connectivity index (χ0) is 21.2. The molecular formula is C23H22ClN3O2S. The van der Waals surface area contributed by atoms with Crippen LogP contribution in [-0.2, 0) is 13.2 Å². The Morgan fingerprint density at radius 3 is 2.57 bits per heavy atom. The van der Waals surface area contributed by atoms with Gasteiger partial charge in [-0.25, -0.2) is 0 Å². The van der Waals surface area contributed by atoms with Gasteiger partial charge in [-0.15, -0.1) is 0 Å². The van der Waals surface area contributed by atoms with Crippen LogP contribution in [0.1, 0.15) is 16.7 Å². The van der Waals surface area contributed by atoms with Crippen LogP contribution in [0.25, 0.3) is 0 Å². The highest BCUT2D eigenvalue weighted by molar-refractivity contribution is 7.80. The Morgan fingerprint density at radius 2 is 1.80 bits per heavy atom. The first-order chi connectivity index (χ1) is 14.7. The summed E-state index contributed by atoms with van der Waals surface area (Å²) >= 11 is 11.4. The van der Waals surface area contributed by atoms with Gasteiger partial charge in [0.05, 0.1) is 13.3 Å². The molecule has 0 saturated heterocycles. The van der Waals surface area contributed by atoms with Gasteiger partial charge in [0, 0.05) is 17.1 Å². The molecule has 154 valence electrons.